The van der Waals surface area contributed by atoms with Crippen molar-refractivity contribution in [1.29, 1.82) is 0 Å². The second-order valence-corrected chi connectivity index (χ2v) is 18.9. The molecule has 1 aliphatic heterocycles. The van der Waals surface area contributed by atoms with E-state index in [9.17, 15) is 9.59 Å². The van der Waals surface area contributed by atoms with Crippen molar-refractivity contribution in [3.8, 4) is 0 Å². The molecule has 1 aromatic rings. The number of nitrogens with one attached hydrogen (secondary N) is 2. The van der Waals surface area contributed by atoms with Gasteiger partial charge in [-0.1, -0.05) is 75.5 Å². The first-order valence-corrected chi connectivity index (χ1v) is 19.5. The molecule has 3 atom stereocenters. The zero-order valence-corrected chi connectivity index (χ0v) is 26.9. The fourth-order valence-electron chi connectivity index (χ4n) is 5.96. The van der Waals surface area contributed by atoms with Gasteiger partial charge in [0.2, 0.25) is 0 Å². The van der Waals surface area contributed by atoms with Gasteiger partial charge in [0.15, 0.2) is 0 Å². The van der Waals surface area contributed by atoms with Crippen LogP contribution in [0, 0.1) is 11.8 Å². The van der Waals surface area contributed by atoms with Crippen molar-refractivity contribution in [1.82, 2.24) is 15.5 Å². The fraction of sp³-hybridized carbons (Fsp3) is 0.742. The van der Waals surface area contributed by atoms with Crippen molar-refractivity contribution >= 4 is 31.7 Å². The topological polar surface area (TPSA) is 79.9 Å². The molecule has 7 nitrogen and oxygen atoms in total. The van der Waals surface area contributed by atoms with Gasteiger partial charge in [-0.3, -0.25) is 4.79 Å². The van der Waals surface area contributed by atoms with Crippen molar-refractivity contribution in [2.75, 3.05) is 39.4 Å². The maximum Gasteiger partial charge on any atom is 0.319 e. The number of carbonyl (C=O) groups is 2. The molecule has 1 saturated heterocycles. The highest BCUT2D eigenvalue weighted by Crippen LogP contribution is 2.34. The number of rotatable bonds is 14. The summed E-state index contributed by atoms with van der Waals surface area (Å²) < 4.78 is 11.6. The Labute approximate surface area is 248 Å². The van der Waals surface area contributed by atoms with E-state index < -0.39 is 8.07 Å². The van der Waals surface area contributed by atoms with Gasteiger partial charge < -0.3 is 25.0 Å². The van der Waals surface area contributed by atoms with Crippen LogP contribution in [0.1, 0.15) is 70.0 Å². The number of halogens is 1. The molecule has 1 saturated carbocycles. The van der Waals surface area contributed by atoms with Crippen molar-refractivity contribution < 1.29 is 19.1 Å². The van der Waals surface area contributed by atoms with Crippen LogP contribution in [0.2, 0.25) is 30.7 Å². The van der Waals surface area contributed by atoms with Crippen LogP contribution in [-0.4, -0.2) is 70.4 Å². The summed E-state index contributed by atoms with van der Waals surface area (Å²) in [5, 5.41) is 7.30. The minimum absolute atomic E-state index is 0.0219. The van der Waals surface area contributed by atoms with Crippen LogP contribution in [0.25, 0.3) is 0 Å². The normalized spacial score (nSPS) is 20.1. The number of hydrogen-bond acceptors (Lipinski definition) is 5. The summed E-state index contributed by atoms with van der Waals surface area (Å²) >= 11 is 6.28. The van der Waals surface area contributed by atoms with Gasteiger partial charge in [-0.05, 0) is 55.8 Å². The van der Waals surface area contributed by atoms with E-state index >= 15 is 0 Å². The molecule has 40 heavy (non-hydrogen) atoms. The number of urea groups is 1. The lowest BCUT2D eigenvalue weighted by Crippen LogP contribution is -2.52. The van der Waals surface area contributed by atoms with Crippen LogP contribution < -0.4 is 10.6 Å². The standard InChI is InChI=1S/C31H52ClN3O4Si/c1-5-38-30(25-13-9-15-27(32)20-25)26-14-10-16-35(23-26)31(37)34-28(19-24-11-7-6-8-12-24)21-33-22-29(36)39-17-18-40(2,3)4/h9,13,15,20,24,26,28,30,33H,5-8,10-12,14,16-19,21-23H2,1-4H3,(H,34,37)/t26-,28+,30+/m1/s1. The molecule has 0 unspecified atom stereocenters. The maximum atomic E-state index is 13.5. The predicted molar refractivity (Wildman–Crippen MR) is 166 cm³/mol. The molecule has 2 fully saturated rings. The Hall–Kier alpha value is -1.61. The zero-order chi connectivity index (χ0) is 29.0. The Morgan fingerprint density at radius 2 is 1.90 bits per heavy atom. The number of hydrogen-bond donors (Lipinski definition) is 2. The van der Waals surface area contributed by atoms with Gasteiger partial charge in [0.05, 0.1) is 19.3 Å². The van der Waals surface area contributed by atoms with Gasteiger partial charge in [0.25, 0.3) is 0 Å². The van der Waals surface area contributed by atoms with Gasteiger partial charge in [-0.25, -0.2) is 4.79 Å². The van der Waals surface area contributed by atoms with E-state index in [-0.39, 0.29) is 36.6 Å². The summed E-state index contributed by atoms with van der Waals surface area (Å²) in [6.45, 7) is 12.1. The van der Waals surface area contributed by atoms with Crippen molar-refractivity contribution in [2.45, 2.75) is 96.1 Å². The molecule has 2 N–H and O–H groups in total. The Bertz CT molecular complexity index is 922. The van der Waals surface area contributed by atoms with Crippen molar-refractivity contribution in [3.63, 3.8) is 0 Å². The zero-order valence-electron chi connectivity index (χ0n) is 25.2. The van der Waals surface area contributed by atoms with Crippen LogP contribution in [0.3, 0.4) is 0 Å². The number of likely N-dealkylation sites (tertiary alicyclic amines) is 1. The van der Waals surface area contributed by atoms with Crippen LogP contribution in [0.4, 0.5) is 4.79 Å². The van der Waals surface area contributed by atoms with E-state index in [0.29, 0.717) is 37.2 Å². The number of esters is 1. The maximum absolute atomic E-state index is 13.5. The molecule has 0 radical (unpaired) electrons. The SMILES string of the molecule is CCO[C@@H](c1cccc(Cl)c1)[C@@H]1CCCN(C(=O)N[C@H](CNCC(=O)OCC[Si](C)(C)C)CC2CCCCC2)C1. The van der Waals surface area contributed by atoms with E-state index in [1.165, 1.54) is 32.1 Å². The molecular formula is C31H52ClN3O4Si. The Morgan fingerprint density at radius 3 is 2.60 bits per heavy atom. The molecule has 9 heteroatoms. The Balaban J connectivity index is 1.57. The first-order chi connectivity index (χ1) is 19.1. The summed E-state index contributed by atoms with van der Waals surface area (Å²) in [6, 6.07) is 8.80. The van der Waals surface area contributed by atoms with E-state index in [1.54, 1.807) is 0 Å². The fourth-order valence-corrected chi connectivity index (χ4v) is 6.88. The van der Waals surface area contributed by atoms with Crippen molar-refractivity contribution in [3.05, 3.63) is 34.9 Å². The number of nitrogens with zero attached hydrogens (tertiary/aromatic N) is 1. The third-order valence-electron chi connectivity index (χ3n) is 8.14. The number of ether oxygens (including phenoxy) is 2. The quantitative estimate of drug-likeness (QED) is 0.186. The van der Waals surface area contributed by atoms with Crippen LogP contribution in [0.5, 0.6) is 0 Å². The molecule has 0 bridgehead atoms. The number of amides is 2. The molecule has 0 spiro atoms. The van der Waals surface area contributed by atoms with E-state index in [2.05, 4.69) is 36.3 Å². The van der Waals surface area contributed by atoms with Crippen LogP contribution >= 0.6 is 11.6 Å². The first kappa shape index (κ1) is 32.9. The van der Waals surface area contributed by atoms with Crippen LogP contribution in [0.15, 0.2) is 24.3 Å². The van der Waals surface area contributed by atoms with Gasteiger partial charge in [0, 0.05) is 51.3 Å². The summed E-state index contributed by atoms with van der Waals surface area (Å²) in [5.74, 6) is 0.602. The molecule has 2 aliphatic rings. The molecule has 226 valence electrons. The molecule has 2 amide bonds. The minimum Gasteiger partial charge on any atom is -0.465 e. The van der Waals surface area contributed by atoms with Gasteiger partial charge in [-0.15, -0.1) is 0 Å². The van der Waals surface area contributed by atoms with Gasteiger partial charge in [0.1, 0.15) is 0 Å². The van der Waals surface area contributed by atoms with Crippen molar-refractivity contribution in [2.24, 2.45) is 11.8 Å². The second-order valence-electron chi connectivity index (χ2n) is 12.8. The molecule has 1 heterocycles. The largest absolute Gasteiger partial charge is 0.465 e. The lowest BCUT2D eigenvalue weighted by Gasteiger charge is -2.38. The number of benzene rings is 1. The highest BCUT2D eigenvalue weighted by atomic mass is 35.5. The minimum atomic E-state index is -1.24. The molecule has 1 aromatic carbocycles. The Morgan fingerprint density at radius 1 is 1.12 bits per heavy atom. The molecule has 3 rings (SSSR count). The molecule has 1 aliphatic carbocycles. The van der Waals surface area contributed by atoms with E-state index in [1.807, 2.05) is 30.0 Å². The highest BCUT2D eigenvalue weighted by Gasteiger charge is 2.32. The predicted octanol–water partition coefficient (Wildman–Crippen LogP) is 6.65. The van der Waals surface area contributed by atoms with Gasteiger partial charge in [-0.2, -0.15) is 0 Å². The third kappa shape index (κ3) is 11.7. The number of piperidine rings is 1. The number of carbonyl (C=O) groups excluding carboxylic acids is 2. The second kappa shape index (κ2) is 16.7. The highest BCUT2D eigenvalue weighted by molar-refractivity contribution is 6.76. The molecular weight excluding hydrogens is 542 g/mol. The van der Waals surface area contributed by atoms with Gasteiger partial charge >= 0.3 is 12.0 Å². The summed E-state index contributed by atoms with van der Waals surface area (Å²) in [6.07, 6.45) is 9.05. The average Bonchev–Trinajstić information content (AvgIpc) is 2.91. The monoisotopic (exact) mass is 593 g/mol. The smallest absolute Gasteiger partial charge is 0.319 e. The average molecular weight is 594 g/mol. The summed E-state index contributed by atoms with van der Waals surface area (Å²) in [7, 11) is -1.24. The first-order valence-electron chi connectivity index (χ1n) is 15.4. The van der Waals surface area contributed by atoms with E-state index in [0.717, 1.165) is 37.4 Å². The van der Waals surface area contributed by atoms with E-state index in [4.69, 9.17) is 21.1 Å². The summed E-state index contributed by atoms with van der Waals surface area (Å²) in [4.78, 5) is 27.8. The van der Waals surface area contributed by atoms with Crippen LogP contribution in [-0.2, 0) is 14.3 Å². The lowest BCUT2D eigenvalue weighted by atomic mass is 9.84. The summed E-state index contributed by atoms with van der Waals surface area (Å²) in [5.41, 5.74) is 1.07. The third-order valence-corrected chi connectivity index (χ3v) is 10.1. The Kier molecular flexibility index (Phi) is 13.8. The molecule has 0 aromatic heterocycles. The lowest BCUT2D eigenvalue weighted by molar-refractivity contribution is -0.142.